The van der Waals surface area contributed by atoms with Gasteiger partial charge in [-0.25, -0.2) is 9.78 Å². The molecule has 0 radical (unpaired) electrons. The molecular formula is C35H45N3O5S. The first-order valence-corrected chi connectivity index (χ1v) is 17.0. The number of nitrogens with zero attached hydrogens (tertiary/aromatic N) is 3. The van der Waals surface area contributed by atoms with Crippen molar-refractivity contribution in [2.24, 2.45) is 17.3 Å². The van der Waals surface area contributed by atoms with Crippen LogP contribution in [-0.2, 0) is 4.79 Å². The van der Waals surface area contributed by atoms with Gasteiger partial charge in [0.1, 0.15) is 11.0 Å². The number of aromatic nitrogens is 1. The Labute approximate surface area is 265 Å². The van der Waals surface area contributed by atoms with E-state index in [1.807, 2.05) is 36.6 Å². The highest BCUT2D eigenvalue weighted by molar-refractivity contribution is 7.15. The van der Waals surface area contributed by atoms with E-state index in [-0.39, 0.29) is 40.2 Å². The molecule has 8 nitrogen and oxygen atoms in total. The van der Waals surface area contributed by atoms with E-state index in [0.717, 1.165) is 63.0 Å². The van der Waals surface area contributed by atoms with Crippen LogP contribution in [0.2, 0.25) is 0 Å². The van der Waals surface area contributed by atoms with E-state index in [1.54, 1.807) is 18.3 Å². The lowest BCUT2D eigenvalue weighted by Crippen LogP contribution is -2.47. The number of likely N-dealkylation sites (tertiary alicyclic amines) is 1. The van der Waals surface area contributed by atoms with Crippen molar-refractivity contribution in [3.05, 3.63) is 39.7 Å². The van der Waals surface area contributed by atoms with Crippen molar-refractivity contribution >= 4 is 34.8 Å². The van der Waals surface area contributed by atoms with Crippen LogP contribution in [0.3, 0.4) is 0 Å². The quantitative estimate of drug-likeness (QED) is 0.334. The predicted octanol–water partition coefficient (Wildman–Crippen LogP) is 7.02. The molecule has 1 saturated heterocycles. The number of carboxylic acid groups (broad SMARTS) is 1. The lowest BCUT2D eigenvalue weighted by Gasteiger charge is -2.39. The number of pyridine rings is 1. The molecule has 1 aliphatic heterocycles. The highest BCUT2D eigenvalue weighted by Crippen LogP contribution is 2.39. The third kappa shape index (κ3) is 7.82. The molecule has 2 aromatic rings. The minimum absolute atomic E-state index is 0.0151. The van der Waals surface area contributed by atoms with Crippen LogP contribution in [0.15, 0.2) is 24.4 Å². The largest absolute Gasteiger partial charge is 0.477 e. The zero-order valence-corrected chi connectivity index (χ0v) is 27.3. The number of thiophene rings is 1. The van der Waals surface area contributed by atoms with E-state index in [4.69, 9.17) is 4.74 Å². The molecule has 9 heteroatoms. The van der Waals surface area contributed by atoms with Crippen molar-refractivity contribution in [1.29, 1.82) is 0 Å². The first-order valence-electron chi connectivity index (χ1n) is 16.1. The molecule has 3 fully saturated rings. The molecule has 0 aromatic carbocycles. The van der Waals surface area contributed by atoms with E-state index < -0.39 is 5.97 Å². The molecule has 0 atom stereocenters. The molecular weight excluding hydrogens is 574 g/mol. The Morgan fingerprint density at radius 2 is 1.70 bits per heavy atom. The number of hydrogen-bond acceptors (Lipinski definition) is 6. The standard InChI is InChI=1S/C35H45N3O5S/c1-23-7-9-24(10-8-23)33(40)38(29-22-28(15-17-35(2,3)4)44-31(29)34(41)42)26-11-13-27(14-12-26)43-30-21-25(16-18-36-30)32(39)37-19-5-6-20-37/h16,18,21-24,26-27H,5-14,19-20H2,1-4H3,(H,41,42)/t23?,24?,26-,27-. The van der Waals surface area contributed by atoms with Gasteiger partial charge in [0.2, 0.25) is 11.8 Å². The monoisotopic (exact) mass is 619 g/mol. The maximum atomic E-state index is 14.2. The maximum absolute atomic E-state index is 14.2. The first kappa shape index (κ1) is 32.0. The zero-order valence-electron chi connectivity index (χ0n) is 26.4. The summed E-state index contributed by atoms with van der Waals surface area (Å²) < 4.78 is 6.27. The van der Waals surface area contributed by atoms with Crippen molar-refractivity contribution in [1.82, 2.24) is 9.88 Å². The summed E-state index contributed by atoms with van der Waals surface area (Å²) >= 11 is 1.15. The number of carbonyl (C=O) groups excluding carboxylic acids is 2. The summed E-state index contributed by atoms with van der Waals surface area (Å²) in [5.41, 5.74) is 0.840. The van der Waals surface area contributed by atoms with Crippen molar-refractivity contribution in [2.75, 3.05) is 18.0 Å². The van der Waals surface area contributed by atoms with Crippen molar-refractivity contribution < 1.29 is 24.2 Å². The summed E-state index contributed by atoms with van der Waals surface area (Å²) in [7, 11) is 0. The van der Waals surface area contributed by atoms with Crippen molar-refractivity contribution in [2.45, 2.75) is 104 Å². The molecule has 2 amide bonds. The third-order valence-electron chi connectivity index (χ3n) is 9.00. The van der Waals surface area contributed by atoms with Gasteiger partial charge >= 0.3 is 5.97 Å². The van der Waals surface area contributed by atoms with Crippen LogP contribution in [0.25, 0.3) is 0 Å². The number of carboxylic acids is 1. The molecule has 0 spiro atoms. The fourth-order valence-corrected chi connectivity index (χ4v) is 7.37. The highest BCUT2D eigenvalue weighted by atomic mass is 32.1. The number of anilines is 1. The summed E-state index contributed by atoms with van der Waals surface area (Å²) in [6.07, 6.45) is 10.0. The fraction of sp³-hybridized carbons (Fsp3) is 0.600. The Balaban J connectivity index is 1.34. The summed E-state index contributed by atoms with van der Waals surface area (Å²) in [4.78, 5) is 48.4. The van der Waals surface area contributed by atoms with Gasteiger partial charge in [-0.05, 0) is 103 Å². The number of ether oxygens (including phenoxy) is 1. The second-order valence-corrected chi connectivity index (χ2v) is 14.8. The number of aromatic carboxylic acids is 1. The van der Waals surface area contributed by atoms with Gasteiger partial charge in [-0.3, -0.25) is 9.59 Å². The van der Waals surface area contributed by atoms with Gasteiger partial charge in [0, 0.05) is 48.3 Å². The minimum atomic E-state index is -1.03. The fourth-order valence-electron chi connectivity index (χ4n) is 6.53. The Hall–Kier alpha value is -3.38. The SMILES string of the molecule is CC1CCC(C(=O)N(c2cc(C#CC(C)(C)C)sc2C(=O)O)[C@H]2CC[C@H](Oc3cc(C(=O)N4CCCC4)ccn3)CC2)CC1. The average Bonchev–Trinajstić information content (AvgIpc) is 3.68. The summed E-state index contributed by atoms with van der Waals surface area (Å²) in [5, 5.41) is 10.2. The van der Waals surface area contributed by atoms with E-state index in [1.165, 1.54) is 0 Å². The maximum Gasteiger partial charge on any atom is 0.348 e. The highest BCUT2D eigenvalue weighted by Gasteiger charge is 2.38. The van der Waals surface area contributed by atoms with Crippen LogP contribution in [0.4, 0.5) is 5.69 Å². The molecule has 5 rings (SSSR count). The molecule has 236 valence electrons. The Morgan fingerprint density at radius 1 is 1.02 bits per heavy atom. The Kier molecular flexibility index (Phi) is 9.99. The molecule has 1 N–H and O–H groups in total. The molecule has 2 saturated carbocycles. The van der Waals surface area contributed by atoms with E-state index in [9.17, 15) is 19.5 Å². The third-order valence-corrected chi connectivity index (χ3v) is 10.0. The normalized spacial score (nSPS) is 23.9. The summed E-state index contributed by atoms with van der Waals surface area (Å²) in [5.74, 6) is 6.32. The molecule has 2 aromatic heterocycles. The Morgan fingerprint density at radius 3 is 2.34 bits per heavy atom. The van der Waals surface area contributed by atoms with Crippen LogP contribution in [0.1, 0.15) is 117 Å². The van der Waals surface area contributed by atoms with E-state index >= 15 is 0 Å². The van der Waals surface area contributed by atoms with Gasteiger partial charge < -0.3 is 19.6 Å². The second-order valence-electron chi connectivity index (χ2n) is 13.7. The minimum Gasteiger partial charge on any atom is -0.477 e. The smallest absolute Gasteiger partial charge is 0.348 e. The topological polar surface area (TPSA) is 100 Å². The van der Waals surface area contributed by atoms with Crippen molar-refractivity contribution in [3.8, 4) is 17.7 Å². The summed E-state index contributed by atoms with van der Waals surface area (Å²) in [6, 6.07) is 5.15. The predicted molar refractivity (Wildman–Crippen MR) is 172 cm³/mol. The number of carbonyl (C=O) groups is 3. The molecule has 44 heavy (non-hydrogen) atoms. The molecule has 2 aliphatic carbocycles. The van der Waals surface area contributed by atoms with Crippen LogP contribution in [-0.4, -0.2) is 58.0 Å². The van der Waals surface area contributed by atoms with Gasteiger partial charge in [-0.1, -0.05) is 18.8 Å². The van der Waals surface area contributed by atoms with Gasteiger partial charge in [0.15, 0.2) is 0 Å². The second kappa shape index (κ2) is 13.7. The van der Waals surface area contributed by atoms with Crippen LogP contribution in [0.5, 0.6) is 5.88 Å². The van der Waals surface area contributed by atoms with E-state index in [2.05, 4.69) is 23.7 Å². The summed E-state index contributed by atoms with van der Waals surface area (Å²) in [6.45, 7) is 9.86. The van der Waals surface area contributed by atoms with Gasteiger partial charge in [0.25, 0.3) is 5.91 Å². The van der Waals surface area contributed by atoms with Gasteiger partial charge in [0.05, 0.1) is 10.6 Å². The molecule has 0 unspecified atom stereocenters. The van der Waals surface area contributed by atoms with Crippen LogP contribution < -0.4 is 9.64 Å². The van der Waals surface area contributed by atoms with Crippen LogP contribution in [0, 0.1) is 29.1 Å². The lowest BCUT2D eigenvalue weighted by molar-refractivity contribution is -0.124. The molecule has 3 aliphatic rings. The first-order chi connectivity index (χ1) is 21.0. The average molecular weight is 620 g/mol. The Bertz CT molecular complexity index is 1410. The zero-order chi connectivity index (χ0) is 31.4. The van der Waals surface area contributed by atoms with Gasteiger partial charge in [-0.2, -0.15) is 0 Å². The number of hydrogen-bond donors (Lipinski definition) is 1. The van der Waals surface area contributed by atoms with E-state index in [0.29, 0.717) is 53.6 Å². The number of amides is 2. The molecule has 3 heterocycles. The lowest BCUT2D eigenvalue weighted by atomic mass is 9.81. The van der Waals surface area contributed by atoms with Crippen LogP contribution >= 0.6 is 11.3 Å². The molecule has 0 bridgehead atoms. The number of rotatable bonds is 7. The van der Waals surface area contributed by atoms with Gasteiger partial charge in [-0.15, -0.1) is 11.3 Å². The van der Waals surface area contributed by atoms with Crippen molar-refractivity contribution in [3.63, 3.8) is 0 Å².